The fourth-order valence-corrected chi connectivity index (χ4v) is 2.52. The third-order valence-corrected chi connectivity index (χ3v) is 4.39. The van der Waals surface area contributed by atoms with Crippen LogP contribution in [0.1, 0.15) is 18.1 Å². The number of nitrogens with zero attached hydrogens (tertiary/aromatic N) is 1. The third-order valence-electron chi connectivity index (χ3n) is 3.27. The zero-order chi connectivity index (χ0) is 18.0. The normalized spacial score (nSPS) is 13.0. The Bertz CT molecular complexity index is 840. The molecule has 8 heteroatoms. The van der Waals surface area contributed by atoms with Crippen molar-refractivity contribution in [3.05, 3.63) is 59.7 Å². The van der Waals surface area contributed by atoms with Crippen molar-refractivity contribution in [1.29, 1.82) is 0 Å². The largest absolute Gasteiger partial charge is 0.416 e. The molecule has 0 bridgehead atoms. The molecule has 2 aromatic rings. The first-order chi connectivity index (χ1) is 11.1. The second kappa shape index (κ2) is 6.64. The van der Waals surface area contributed by atoms with Crippen LogP contribution in [-0.2, 0) is 16.0 Å². The lowest BCUT2D eigenvalue weighted by atomic mass is 10.1. The highest BCUT2D eigenvalue weighted by Crippen LogP contribution is 2.29. The number of hydrazone groups is 1. The molecular weight excluding hydrogens is 341 g/mol. The van der Waals surface area contributed by atoms with Crippen LogP contribution in [0.4, 0.5) is 18.9 Å². The van der Waals surface area contributed by atoms with Gasteiger partial charge in [-0.1, -0.05) is 12.1 Å². The molecular formula is C16H15F3N2O2S. The van der Waals surface area contributed by atoms with Crippen molar-refractivity contribution in [2.24, 2.45) is 5.10 Å². The Morgan fingerprint density at radius 3 is 2.00 bits per heavy atom. The molecule has 0 amide bonds. The molecule has 0 heterocycles. The van der Waals surface area contributed by atoms with Gasteiger partial charge in [-0.05, 0) is 48.9 Å². The molecule has 24 heavy (non-hydrogen) atoms. The van der Waals surface area contributed by atoms with E-state index in [0.717, 1.165) is 18.4 Å². The molecule has 128 valence electrons. The van der Waals surface area contributed by atoms with Crippen LogP contribution in [0.3, 0.4) is 0 Å². The van der Waals surface area contributed by atoms with E-state index >= 15 is 0 Å². The summed E-state index contributed by atoms with van der Waals surface area (Å²) >= 11 is 0. The van der Waals surface area contributed by atoms with E-state index in [9.17, 15) is 21.6 Å². The van der Waals surface area contributed by atoms with E-state index in [1.165, 1.54) is 24.3 Å². The highest BCUT2D eigenvalue weighted by molar-refractivity contribution is 7.90. The average Bonchev–Trinajstić information content (AvgIpc) is 2.51. The zero-order valence-electron chi connectivity index (χ0n) is 12.9. The van der Waals surface area contributed by atoms with Crippen molar-refractivity contribution < 1.29 is 21.6 Å². The number of alkyl halides is 3. The number of rotatable bonds is 4. The highest BCUT2D eigenvalue weighted by atomic mass is 32.2. The van der Waals surface area contributed by atoms with Gasteiger partial charge in [0.15, 0.2) is 9.84 Å². The second-order valence-electron chi connectivity index (χ2n) is 5.18. The average molecular weight is 356 g/mol. The Labute approximate surface area is 137 Å². The Hall–Kier alpha value is -2.35. The fourth-order valence-electron chi connectivity index (χ4n) is 1.89. The fraction of sp³-hybridized carbons (Fsp3) is 0.188. The van der Waals surface area contributed by atoms with E-state index < -0.39 is 21.6 Å². The molecule has 0 fully saturated rings. The van der Waals surface area contributed by atoms with E-state index in [4.69, 9.17) is 0 Å². The molecule has 0 saturated heterocycles. The predicted molar refractivity (Wildman–Crippen MR) is 86.8 cm³/mol. The molecule has 0 aliphatic heterocycles. The van der Waals surface area contributed by atoms with Gasteiger partial charge in [-0.2, -0.15) is 18.3 Å². The number of benzene rings is 2. The maximum atomic E-state index is 12.5. The molecule has 0 radical (unpaired) electrons. The van der Waals surface area contributed by atoms with Crippen LogP contribution in [-0.4, -0.2) is 20.4 Å². The summed E-state index contributed by atoms with van der Waals surface area (Å²) in [7, 11) is -3.26. The van der Waals surface area contributed by atoms with Crippen molar-refractivity contribution in [2.45, 2.75) is 18.0 Å². The minimum Gasteiger partial charge on any atom is -0.278 e. The van der Waals surface area contributed by atoms with Crippen molar-refractivity contribution in [2.75, 3.05) is 11.7 Å². The minimum atomic E-state index is -4.38. The van der Waals surface area contributed by atoms with Gasteiger partial charge in [-0.15, -0.1) is 0 Å². The summed E-state index contributed by atoms with van der Waals surface area (Å²) in [6.07, 6.45) is -3.26. The lowest BCUT2D eigenvalue weighted by molar-refractivity contribution is -0.137. The summed E-state index contributed by atoms with van der Waals surface area (Å²) in [5.74, 6) is 0. The van der Waals surface area contributed by atoms with Crippen molar-refractivity contribution in [3.8, 4) is 0 Å². The molecule has 0 saturated carbocycles. The van der Waals surface area contributed by atoms with Crippen molar-refractivity contribution in [3.63, 3.8) is 0 Å². The number of nitrogens with one attached hydrogen (secondary N) is 1. The van der Waals surface area contributed by atoms with Crippen molar-refractivity contribution >= 4 is 21.2 Å². The quantitative estimate of drug-likeness (QED) is 0.667. The monoisotopic (exact) mass is 356 g/mol. The number of hydrogen-bond acceptors (Lipinski definition) is 4. The number of anilines is 1. The molecule has 0 unspecified atom stereocenters. The summed E-state index contributed by atoms with van der Waals surface area (Å²) in [6, 6.07) is 10.7. The molecule has 0 aromatic heterocycles. The van der Waals surface area contributed by atoms with Crippen LogP contribution < -0.4 is 5.43 Å². The maximum absolute atomic E-state index is 12.5. The van der Waals surface area contributed by atoms with Crippen LogP contribution in [0, 0.1) is 0 Å². The molecule has 0 aliphatic rings. The van der Waals surface area contributed by atoms with Gasteiger partial charge in [0.2, 0.25) is 0 Å². The number of hydrogen-bond donors (Lipinski definition) is 1. The van der Waals surface area contributed by atoms with Crippen molar-refractivity contribution in [1.82, 2.24) is 0 Å². The highest BCUT2D eigenvalue weighted by Gasteiger charge is 2.29. The minimum absolute atomic E-state index is 0.203. The van der Waals surface area contributed by atoms with Crippen LogP contribution in [0.15, 0.2) is 58.5 Å². The molecule has 0 spiro atoms. The lowest BCUT2D eigenvalue weighted by Crippen LogP contribution is -2.05. The Balaban J connectivity index is 2.11. The topological polar surface area (TPSA) is 58.5 Å². The van der Waals surface area contributed by atoms with Gasteiger partial charge in [0.1, 0.15) is 0 Å². The number of halogens is 3. The van der Waals surface area contributed by atoms with Crippen LogP contribution in [0.5, 0.6) is 0 Å². The van der Waals surface area contributed by atoms with E-state index in [1.807, 2.05) is 0 Å². The van der Waals surface area contributed by atoms with Gasteiger partial charge in [0, 0.05) is 6.26 Å². The smallest absolute Gasteiger partial charge is 0.278 e. The van der Waals surface area contributed by atoms with Crippen LogP contribution in [0.2, 0.25) is 0 Å². The summed E-state index contributed by atoms with van der Waals surface area (Å²) in [4.78, 5) is 0.203. The van der Waals surface area contributed by atoms with Crippen LogP contribution >= 0.6 is 0 Å². The first-order valence-corrected chi connectivity index (χ1v) is 8.74. The van der Waals surface area contributed by atoms with Gasteiger partial charge in [-0.3, -0.25) is 5.43 Å². The van der Waals surface area contributed by atoms with Gasteiger partial charge < -0.3 is 0 Å². The molecule has 1 N–H and O–H groups in total. The molecule has 0 atom stereocenters. The van der Waals surface area contributed by atoms with Gasteiger partial charge >= 0.3 is 6.18 Å². The van der Waals surface area contributed by atoms with E-state index in [2.05, 4.69) is 10.5 Å². The van der Waals surface area contributed by atoms with Gasteiger partial charge in [0.25, 0.3) is 0 Å². The van der Waals surface area contributed by atoms with E-state index in [1.54, 1.807) is 19.1 Å². The van der Waals surface area contributed by atoms with Gasteiger partial charge in [0.05, 0.1) is 21.9 Å². The summed E-state index contributed by atoms with van der Waals surface area (Å²) < 4.78 is 60.2. The maximum Gasteiger partial charge on any atom is 0.416 e. The Morgan fingerprint density at radius 1 is 1.00 bits per heavy atom. The second-order valence-corrected chi connectivity index (χ2v) is 7.20. The van der Waals surface area contributed by atoms with Crippen LogP contribution in [0.25, 0.3) is 0 Å². The summed E-state index contributed by atoms with van der Waals surface area (Å²) in [5, 5.41) is 4.08. The molecule has 0 aliphatic carbocycles. The Morgan fingerprint density at radius 2 is 1.54 bits per heavy atom. The predicted octanol–water partition coefficient (Wildman–Crippen LogP) is 3.95. The standard InChI is InChI=1S/C16H15F3N2O2S/c1-11(12-3-9-15(10-4-12)24(2,22)23)20-21-14-7-5-13(6-8-14)16(17,18)19/h3-10,21H,1-2H3/b20-11+. The summed E-state index contributed by atoms with van der Waals surface area (Å²) in [5.41, 5.74) is 3.61. The third kappa shape index (κ3) is 4.58. The zero-order valence-corrected chi connectivity index (χ0v) is 13.7. The lowest BCUT2D eigenvalue weighted by Gasteiger charge is -2.08. The Kier molecular flexibility index (Phi) is 4.98. The van der Waals surface area contributed by atoms with Gasteiger partial charge in [-0.25, -0.2) is 8.42 Å². The first-order valence-electron chi connectivity index (χ1n) is 6.85. The molecule has 2 aromatic carbocycles. The summed E-state index contributed by atoms with van der Waals surface area (Å²) in [6.45, 7) is 1.70. The first kappa shape index (κ1) is 18.0. The SMILES string of the molecule is C/C(=N\Nc1ccc(C(F)(F)F)cc1)c1ccc(S(C)(=O)=O)cc1. The van der Waals surface area contributed by atoms with E-state index in [-0.39, 0.29) is 4.90 Å². The van der Waals surface area contributed by atoms with E-state index in [0.29, 0.717) is 17.0 Å². The number of sulfone groups is 1. The molecule has 2 rings (SSSR count). The molecule has 4 nitrogen and oxygen atoms in total.